The monoisotopic (exact) mass is 492 g/mol. The minimum absolute atomic E-state index is 0.0412. The first-order valence-electron chi connectivity index (χ1n) is 10.2. The van der Waals surface area contributed by atoms with Gasteiger partial charge in [-0.3, -0.25) is 24.3 Å². The molecule has 2 aromatic heterocycles. The number of nitro benzene ring substituents is 1. The normalized spacial score (nSPS) is 10.9. The van der Waals surface area contributed by atoms with E-state index in [1.807, 2.05) is 35.7 Å². The van der Waals surface area contributed by atoms with Crippen LogP contribution in [0.2, 0.25) is 0 Å². The predicted molar refractivity (Wildman–Crippen MR) is 137 cm³/mol. The number of fused-ring (bicyclic) bond motifs is 1. The van der Waals surface area contributed by atoms with Crippen molar-refractivity contribution in [2.75, 3.05) is 17.7 Å². The Balaban J connectivity index is 1.61. The molecule has 0 N–H and O–H groups in total. The number of non-ortho nitro benzene ring substituents is 1. The van der Waals surface area contributed by atoms with Gasteiger partial charge in [-0.25, -0.2) is 4.98 Å². The van der Waals surface area contributed by atoms with E-state index in [0.717, 1.165) is 11.1 Å². The molecule has 8 nitrogen and oxygen atoms in total. The average molecular weight is 493 g/mol. The molecule has 0 fully saturated rings. The molecule has 2 heterocycles. The topological polar surface area (TPSA) is 98.3 Å². The second kappa shape index (κ2) is 10.0. The maximum atomic E-state index is 13.4. The van der Waals surface area contributed by atoms with Gasteiger partial charge in [0.05, 0.1) is 16.1 Å². The first-order valence-corrected chi connectivity index (χ1v) is 12.1. The third kappa shape index (κ3) is 4.63. The van der Waals surface area contributed by atoms with Crippen LogP contribution in [0.1, 0.15) is 0 Å². The van der Waals surface area contributed by atoms with Gasteiger partial charge in [0.2, 0.25) is 5.91 Å². The van der Waals surface area contributed by atoms with E-state index in [2.05, 4.69) is 11.6 Å². The van der Waals surface area contributed by atoms with E-state index in [4.69, 9.17) is 0 Å². The van der Waals surface area contributed by atoms with Gasteiger partial charge in [0, 0.05) is 42.4 Å². The Bertz CT molecular complexity index is 1430. The highest BCUT2D eigenvalue weighted by atomic mass is 32.2. The van der Waals surface area contributed by atoms with Crippen LogP contribution >= 0.6 is 23.1 Å². The molecule has 4 rings (SSSR count). The van der Waals surface area contributed by atoms with Crippen LogP contribution in [0.15, 0.2) is 82.6 Å². The average Bonchev–Trinajstić information content (AvgIpc) is 3.29. The fraction of sp³-hybridized carbons (Fsp3) is 0.125. The summed E-state index contributed by atoms with van der Waals surface area (Å²) < 4.78 is 1.53. The van der Waals surface area contributed by atoms with Crippen LogP contribution in [-0.2, 0) is 11.3 Å². The number of benzene rings is 2. The van der Waals surface area contributed by atoms with E-state index in [1.54, 1.807) is 13.1 Å². The number of thiophene rings is 1. The summed E-state index contributed by atoms with van der Waals surface area (Å²) in [6.07, 6.45) is 1.62. The van der Waals surface area contributed by atoms with Crippen molar-refractivity contribution in [3.05, 3.63) is 93.1 Å². The summed E-state index contributed by atoms with van der Waals surface area (Å²) in [6, 6.07) is 15.4. The molecule has 0 bridgehead atoms. The highest BCUT2D eigenvalue weighted by molar-refractivity contribution is 7.99. The number of hydrogen-bond acceptors (Lipinski definition) is 7. The Morgan fingerprint density at radius 3 is 2.59 bits per heavy atom. The van der Waals surface area contributed by atoms with Crippen LogP contribution < -0.4 is 10.5 Å². The van der Waals surface area contributed by atoms with E-state index >= 15 is 0 Å². The zero-order valence-corrected chi connectivity index (χ0v) is 19.8. The van der Waals surface area contributed by atoms with E-state index in [1.165, 1.54) is 56.8 Å². The lowest BCUT2D eigenvalue weighted by Crippen LogP contribution is -2.29. The molecule has 0 aliphatic carbocycles. The lowest BCUT2D eigenvalue weighted by atomic mass is 10.1. The Morgan fingerprint density at radius 2 is 1.94 bits per heavy atom. The number of rotatable bonds is 8. The third-order valence-electron chi connectivity index (χ3n) is 5.20. The molecule has 1 amide bonds. The molecular formula is C24H20N4O4S2. The number of hydrogen-bond donors (Lipinski definition) is 0. The molecule has 0 unspecified atom stereocenters. The van der Waals surface area contributed by atoms with Gasteiger partial charge in [0.1, 0.15) is 4.83 Å². The molecular weight excluding hydrogens is 472 g/mol. The molecule has 0 saturated heterocycles. The van der Waals surface area contributed by atoms with Gasteiger partial charge in [-0.1, -0.05) is 48.2 Å². The summed E-state index contributed by atoms with van der Waals surface area (Å²) in [5.41, 5.74) is 2.09. The molecule has 34 heavy (non-hydrogen) atoms. The summed E-state index contributed by atoms with van der Waals surface area (Å²) >= 11 is 2.56. The first-order chi connectivity index (χ1) is 16.4. The molecule has 0 radical (unpaired) electrons. The van der Waals surface area contributed by atoms with Gasteiger partial charge in [0.15, 0.2) is 5.16 Å². The number of carbonyl (C=O) groups excluding carboxylic acids is 1. The third-order valence-corrected chi connectivity index (χ3v) is 7.04. The summed E-state index contributed by atoms with van der Waals surface area (Å²) in [5, 5.41) is 13.8. The molecule has 0 atom stereocenters. The van der Waals surface area contributed by atoms with Gasteiger partial charge in [0.25, 0.3) is 11.2 Å². The number of amides is 1. The van der Waals surface area contributed by atoms with Crippen LogP contribution in [-0.4, -0.2) is 33.2 Å². The van der Waals surface area contributed by atoms with E-state index < -0.39 is 4.92 Å². The van der Waals surface area contributed by atoms with Crippen LogP contribution in [0.5, 0.6) is 0 Å². The number of nitro groups is 1. The van der Waals surface area contributed by atoms with Crippen molar-refractivity contribution in [2.45, 2.75) is 11.7 Å². The van der Waals surface area contributed by atoms with Crippen LogP contribution in [0.4, 0.5) is 11.4 Å². The van der Waals surface area contributed by atoms with E-state index in [0.29, 0.717) is 21.1 Å². The molecule has 2 aromatic carbocycles. The Labute approximate surface area is 203 Å². The standard InChI is InChI=1S/C24H20N4O4S2/c1-3-13-27-23(30)21-19(16-7-5-4-6-8-16)14-33-22(21)25-24(27)34-15-20(29)26(2)17-9-11-18(12-10-17)28(31)32/h3-12,14H,1,13,15H2,2H3. The lowest BCUT2D eigenvalue weighted by Gasteiger charge is -2.17. The van der Waals surface area contributed by atoms with Crippen molar-refractivity contribution >= 4 is 50.6 Å². The largest absolute Gasteiger partial charge is 0.315 e. The van der Waals surface area contributed by atoms with Gasteiger partial charge in [-0.15, -0.1) is 17.9 Å². The predicted octanol–water partition coefficient (Wildman–Crippen LogP) is 4.97. The lowest BCUT2D eigenvalue weighted by molar-refractivity contribution is -0.384. The fourth-order valence-corrected chi connectivity index (χ4v) is 5.31. The van der Waals surface area contributed by atoms with Crippen molar-refractivity contribution in [3.63, 3.8) is 0 Å². The number of allylic oxidation sites excluding steroid dienone is 1. The molecule has 0 saturated carbocycles. The van der Waals surface area contributed by atoms with Gasteiger partial charge in [-0.2, -0.15) is 0 Å². The molecule has 0 aliphatic heterocycles. The van der Waals surface area contributed by atoms with E-state index in [9.17, 15) is 19.7 Å². The van der Waals surface area contributed by atoms with Crippen LogP contribution in [0.3, 0.4) is 0 Å². The minimum Gasteiger partial charge on any atom is -0.315 e. The molecule has 0 spiro atoms. The SMILES string of the molecule is C=CCn1c(SCC(=O)N(C)c2ccc([N+](=O)[O-])cc2)nc2scc(-c3ccccc3)c2c1=O. The van der Waals surface area contributed by atoms with Crippen molar-refractivity contribution < 1.29 is 9.72 Å². The summed E-state index contributed by atoms with van der Waals surface area (Å²) in [6.45, 7) is 4.02. The second-order valence-corrected chi connectivity index (χ2v) is 9.11. The zero-order valence-electron chi connectivity index (χ0n) is 18.2. The van der Waals surface area contributed by atoms with Crippen molar-refractivity contribution in [1.82, 2.24) is 9.55 Å². The Kier molecular flexibility index (Phi) is 6.90. The molecule has 10 heteroatoms. The van der Waals surface area contributed by atoms with Crippen molar-refractivity contribution in [2.24, 2.45) is 0 Å². The number of nitrogens with zero attached hydrogens (tertiary/aromatic N) is 4. The highest BCUT2D eigenvalue weighted by Gasteiger charge is 2.19. The van der Waals surface area contributed by atoms with Gasteiger partial charge >= 0.3 is 0 Å². The number of thioether (sulfide) groups is 1. The minimum atomic E-state index is -0.490. The summed E-state index contributed by atoms with van der Waals surface area (Å²) in [7, 11) is 1.60. The van der Waals surface area contributed by atoms with Gasteiger partial charge in [-0.05, 0) is 17.7 Å². The summed E-state index contributed by atoms with van der Waals surface area (Å²) in [5.74, 6) is -0.186. The number of anilines is 1. The van der Waals surface area contributed by atoms with Crippen LogP contribution in [0, 0.1) is 10.1 Å². The molecule has 0 aliphatic rings. The fourth-order valence-electron chi connectivity index (χ4n) is 3.40. The van der Waals surface area contributed by atoms with E-state index in [-0.39, 0.29) is 29.5 Å². The van der Waals surface area contributed by atoms with Gasteiger partial charge < -0.3 is 4.90 Å². The number of aromatic nitrogens is 2. The first kappa shape index (κ1) is 23.4. The Hall–Kier alpha value is -3.76. The number of carbonyl (C=O) groups is 1. The highest BCUT2D eigenvalue weighted by Crippen LogP contribution is 2.32. The molecule has 4 aromatic rings. The Morgan fingerprint density at radius 1 is 1.24 bits per heavy atom. The molecule has 172 valence electrons. The zero-order chi connectivity index (χ0) is 24.2. The maximum absolute atomic E-state index is 13.4. The van der Waals surface area contributed by atoms with Crippen molar-refractivity contribution in [1.29, 1.82) is 0 Å². The van der Waals surface area contributed by atoms with Crippen LogP contribution in [0.25, 0.3) is 21.3 Å². The maximum Gasteiger partial charge on any atom is 0.269 e. The van der Waals surface area contributed by atoms with Crippen molar-refractivity contribution in [3.8, 4) is 11.1 Å². The smallest absolute Gasteiger partial charge is 0.269 e. The summed E-state index contributed by atoms with van der Waals surface area (Å²) in [4.78, 5) is 43.3. The second-order valence-electron chi connectivity index (χ2n) is 7.31. The quantitative estimate of drug-likeness (QED) is 0.113.